The van der Waals surface area contributed by atoms with Crippen LogP contribution in [-0.4, -0.2) is 33.3 Å². The van der Waals surface area contributed by atoms with Gasteiger partial charge in [0.05, 0.1) is 17.2 Å². The first-order chi connectivity index (χ1) is 14.4. The number of benzene rings is 2. The zero-order chi connectivity index (χ0) is 21.3. The average molecular weight is 421 g/mol. The first-order valence-electron chi connectivity index (χ1n) is 9.59. The van der Waals surface area contributed by atoms with Crippen molar-refractivity contribution in [2.75, 3.05) is 12.3 Å². The van der Waals surface area contributed by atoms with Crippen molar-refractivity contribution in [3.8, 4) is 0 Å². The van der Waals surface area contributed by atoms with Crippen LogP contribution in [0.2, 0.25) is 5.02 Å². The number of rotatable bonds is 5. The number of fused-ring (bicyclic) bond motifs is 2. The lowest BCUT2D eigenvalue weighted by molar-refractivity contribution is 0.0951. The molecule has 4 rings (SSSR count). The van der Waals surface area contributed by atoms with E-state index in [4.69, 9.17) is 17.3 Å². The van der Waals surface area contributed by atoms with Crippen LogP contribution in [0.3, 0.4) is 0 Å². The Kier molecular flexibility index (Phi) is 5.37. The normalized spacial score (nSPS) is 11.7. The minimum Gasteiger partial charge on any atom is -0.383 e. The van der Waals surface area contributed by atoms with E-state index in [0.717, 1.165) is 5.56 Å². The summed E-state index contributed by atoms with van der Waals surface area (Å²) in [6, 6.07) is 14.7. The van der Waals surface area contributed by atoms with E-state index in [2.05, 4.69) is 20.4 Å². The van der Waals surface area contributed by atoms with Crippen molar-refractivity contribution in [1.82, 2.24) is 20.0 Å². The molecule has 0 bridgehead atoms. The molecule has 0 atom stereocenters. The molecular formula is C22H21ClN6O. The summed E-state index contributed by atoms with van der Waals surface area (Å²) in [5.74, 6) is 0.196. The summed E-state index contributed by atoms with van der Waals surface area (Å²) in [4.78, 5) is 22.2. The van der Waals surface area contributed by atoms with Gasteiger partial charge in [-0.25, -0.2) is 9.97 Å². The molecule has 4 aromatic rings. The Bertz CT molecular complexity index is 1260. The summed E-state index contributed by atoms with van der Waals surface area (Å²) in [5, 5.41) is 8.02. The molecule has 0 saturated carbocycles. The highest BCUT2D eigenvalue weighted by atomic mass is 35.5. The standard InChI is InChI=1S/C22H21ClN6O/c1-13(2)11-25-22(30)18-19-21(28-17-6-4-3-5-16(17)27-19)29(20(18)24)26-12-14-7-9-15(23)10-8-14/h3-10,12-13H,11,24H2,1-2H3,(H,25,30)/b26-12-. The van der Waals surface area contributed by atoms with Crippen LogP contribution in [0.1, 0.15) is 29.8 Å². The second-order valence-corrected chi connectivity index (χ2v) is 7.79. The number of amides is 1. The highest BCUT2D eigenvalue weighted by molar-refractivity contribution is 6.30. The number of aromatic nitrogens is 3. The molecule has 3 N–H and O–H groups in total. The van der Waals surface area contributed by atoms with Crippen LogP contribution in [0.15, 0.2) is 53.6 Å². The lowest BCUT2D eigenvalue weighted by atomic mass is 10.2. The summed E-state index contributed by atoms with van der Waals surface area (Å²) in [7, 11) is 0. The first-order valence-corrected chi connectivity index (χ1v) is 9.96. The Labute approximate surface area is 178 Å². The highest BCUT2D eigenvalue weighted by Gasteiger charge is 2.24. The Morgan fingerprint density at radius 3 is 2.50 bits per heavy atom. The lowest BCUT2D eigenvalue weighted by Gasteiger charge is -2.07. The topological polar surface area (TPSA) is 98.2 Å². The Balaban J connectivity index is 1.87. The van der Waals surface area contributed by atoms with Gasteiger partial charge in [0.25, 0.3) is 5.91 Å². The van der Waals surface area contributed by atoms with Gasteiger partial charge in [0, 0.05) is 11.6 Å². The number of hydrogen-bond acceptors (Lipinski definition) is 5. The predicted octanol–water partition coefficient (Wildman–Crippen LogP) is 4.09. The van der Waals surface area contributed by atoms with Gasteiger partial charge in [0.2, 0.25) is 0 Å². The van der Waals surface area contributed by atoms with Crippen LogP contribution >= 0.6 is 11.6 Å². The van der Waals surface area contributed by atoms with Crippen molar-refractivity contribution >= 4 is 51.7 Å². The van der Waals surface area contributed by atoms with Gasteiger partial charge in [-0.3, -0.25) is 4.79 Å². The van der Waals surface area contributed by atoms with Crippen LogP contribution < -0.4 is 11.1 Å². The highest BCUT2D eigenvalue weighted by Crippen LogP contribution is 2.27. The number of nitrogens with two attached hydrogens (primary N) is 1. The first kappa shape index (κ1) is 19.8. The number of carbonyl (C=O) groups excluding carboxylic acids is 1. The third kappa shape index (κ3) is 3.84. The molecule has 0 saturated heterocycles. The van der Waals surface area contributed by atoms with E-state index in [-0.39, 0.29) is 17.3 Å². The van der Waals surface area contributed by atoms with Gasteiger partial charge in [-0.2, -0.15) is 9.78 Å². The quantitative estimate of drug-likeness (QED) is 0.475. The van der Waals surface area contributed by atoms with E-state index in [9.17, 15) is 4.79 Å². The molecule has 7 nitrogen and oxygen atoms in total. The Hall–Kier alpha value is -3.45. The van der Waals surface area contributed by atoms with Crippen molar-refractivity contribution in [1.29, 1.82) is 0 Å². The molecule has 0 spiro atoms. The molecular weight excluding hydrogens is 400 g/mol. The molecule has 30 heavy (non-hydrogen) atoms. The summed E-state index contributed by atoms with van der Waals surface area (Å²) in [6.07, 6.45) is 1.64. The molecule has 0 radical (unpaired) electrons. The van der Waals surface area contributed by atoms with E-state index in [0.29, 0.717) is 39.7 Å². The minimum absolute atomic E-state index is 0.187. The molecule has 2 heterocycles. The zero-order valence-electron chi connectivity index (χ0n) is 16.6. The van der Waals surface area contributed by atoms with E-state index in [1.54, 1.807) is 18.3 Å². The SMILES string of the molecule is CC(C)CNC(=O)c1c(N)n(/N=C\c2ccc(Cl)cc2)c2nc3ccccc3nc12. The fourth-order valence-corrected chi connectivity index (χ4v) is 3.17. The van der Waals surface area contributed by atoms with Gasteiger partial charge < -0.3 is 11.1 Å². The lowest BCUT2D eigenvalue weighted by Crippen LogP contribution is -2.28. The van der Waals surface area contributed by atoms with E-state index in [1.807, 2.05) is 50.2 Å². The average Bonchev–Trinajstić information content (AvgIpc) is 3.00. The molecule has 2 aromatic heterocycles. The van der Waals surface area contributed by atoms with Gasteiger partial charge in [-0.15, -0.1) is 0 Å². The van der Waals surface area contributed by atoms with Crippen LogP contribution in [0.25, 0.3) is 22.2 Å². The van der Waals surface area contributed by atoms with Crippen molar-refractivity contribution in [3.63, 3.8) is 0 Å². The van der Waals surface area contributed by atoms with Gasteiger partial charge in [0.15, 0.2) is 5.65 Å². The van der Waals surface area contributed by atoms with Crippen LogP contribution in [0.4, 0.5) is 5.82 Å². The summed E-state index contributed by atoms with van der Waals surface area (Å²) in [6.45, 7) is 4.58. The zero-order valence-corrected chi connectivity index (χ0v) is 17.4. The molecule has 0 aliphatic heterocycles. The van der Waals surface area contributed by atoms with Crippen LogP contribution in [0, 0.1) is 5.92 Å². The fourth-order valence-electron chi connectivity index (χ4n) is 3.05. The maximum atomic E-state index is 12.9. The predicted molar refractivity (Wildman–Crippen MR) is 121 cm³/mol. The second-order valence-electron chi connectivity index (χ2n) is 7.36. The van der Waals surface area contributed by atoms with Crippen molar-refractivity contribution in [2.24, 2.45) is 11.0 Å². The van der Waals surface area contributed by atoms with Crippen molar-refractivity contribution in [3.05, 3.63) is 64.7 Å². The molecule has 8 heteroatoms. The van der Waals surface area contributed by atoms with E-state index >= 15 is 0 Å². The number of anilines is 1. The van der Waals surface area contributed by atoms with Crippen LogP contribution in [0.5, 0.6) is 0 Å². The van der Waals surface area contributed by atoms with Crippen molar-refractivity contribution < 1.29 is 4.79 Å². The Morgan fingerprint density at radius 1 is 1.17 bits per heavy atom. The maximum Gasteiger partial charge on any atom is 0.257 e. The van der Waals surface area contributed by atoms with Gasteiger partial charge in [0.1, 0.15) is 16.9 Å². The third-order valence-corrected chi connectivity index (χ3v) is 4.82. The molecule has 152 valence electrons. The van der Waals surface area contributed by atoms with Gasteiger partial charge in [-0.1, -0.05) is 49.7 Å². The second kappa shape index (κ2) is 8.12. The summed E-state index contributed by atoms with van der Waals surface area (Å²) >= 11 is 5.95. The number of nitrogen functional groups attached to an aromatic ring is 1. The molecule has 0 aliphatic carbocycles. The third-order valence-electron chi connectivity index (χ3n) is 4.56. The number of nitrogens with one attached hydrogen (secondary N) is 1. The summed E-state index contributed by atoms with van der Waals surface area (Å²) in [5.41, 5.74) is 9.69. The minimum atomic E-state index is -0.295. The van der Waals surface area contributed by atoms with E-state index < -0.39 is 0 Å². The van der Waals surface area contributed by atoms with Crippen molar-refractivity contribution in [2.45, 2.75) is 13.8 Å². The fraction of sp³-hybridized carbons (Fsp3) is 0.182. The molecule has 2 aromatic carbocycles. The van der Waals surface area contributed by atoms with Crippen LogP contribution in [-0.2, 0) is 0 Å². The molecule has 0 aliphatic rings. The maximum absolute atomic E-state index is 12.9. The number of carbonyl (C=O) groups is 1. The molecule has 0 fully saturated rings. The molecule has 1 amide bonds. The van der Waals surface area contributed by atoms with Gasteiger partial charge >= 0.3 is 0 Å². The number of hydrogen-bond donors (Lipinski definition) is 2. The largest absolute Gasteiger partial charge is 0.383 e. The number of nitrogens with zero attached hydrogens (tertiary/aromatic N) is 4. The summed E-state index contributed by atoms with van der Waals surface area (Å²) < 4.78 is 1.45. The van der Waals surface area contributed by atoms with Gasteiger partial charge in [-0.05, 0) is 35.7 Å². The number of halogens is 1. The van der Waals surface area contributed by atoms with E-state index in [1.165, 1.54) is 4.68 Å². The Morgan fingerprint density at radius 2 is 1.83 bits per heavy atom. The monoisotopic (exact) mass is 420 g/mol. The smallest absolute Gasteiger partial charge is 0.257 e. The number of para-hydroxylation sites is 2. The molecule has 0 unspecified atom stereocenters.